The lowest BCUT2D eigenvalue weighted by atomic mass is 9.79. The first kappa shape index (κ1) is 33.3. The lowest BCUT2D eigenvalue weighted by Gasteiger charge is -2.30. The van der Waals surface area contributed by atoms with Gasteiger partial charge < -0.3 is 14.4 Å². The van der Waals surface area contributed by atoms with Crippen LogP contribution in [0.1, 0.15) is 69.2 Å². The second kappa shape index (κ2) is 14.6. The zero-order chi connectivity index (χ0) is 31.3. The second-order valence-electron chi connectivity index (χ2n) is 15.9. The van der Waals surface area contributed by atoms with Crippen molar-refractivity contribution in [3.63, 3.8) is 0 Å². The zero-order valence-corrected chi connectivity index (χ0v) is 30.6. The van der Waals surface area contributed by atoms with Crippen LogP contribution in [0.15, 0.2) is 30.6 Å². The van der Waals surface area contributed by atoms with Crippen LogP contribution in [-0.4, -0.2) is 62.4 Å². The molecule has 9 heteroatoms. The molecule has 44 heavy (non-hydrogen) atoms. The summed E-state index contributed by atoms with van der Waals surface area (Å²) in [5.74, 6) is 3.19. The van der Waals surface area contributed by atoms with Gasteiger partial charge in [0.15, 0.2) is 5.65 Å². The summed E-state index contributed by atoms with van der Waals surface area (Å²) in [6.07, 6.45) is 14.0. The maximum atomic E-state index is 6.36. The summed E-state index contributed by atoms with van der Waals surface area (Å²) in [6.45, 7) is 19.1. The molecule has 2 bridgehead atoms. The van der Waals surface area contributed by atoms with E-state index in [1.165, 1.54) is 44.2 Å². The van der Waals surface area contributed by atoms with Crippen LogP contribution in [0, 0.1) is 11.8 Å². The number of anilines is 1. The first-order valence-corrected chi connectivity index (χ1v) is 24.6. The largest absolute Gasteiger partial charge is 0.361 e. The SMILES string of the molecule is CCCCc1ccc(-c2cnn3c(N(COCC[Si](C)(C)C)COCC[Si](C)(C)C)cc(C4C[C@H]5CC[C@@H](C4)C5)nc23)cn1. The third-order valence-corrected chi connectivity index (χ3v) is 12.9. The fraction of sp³-hybridized carbons (Fsp3) is 0.686. The van der Waals surface area contributed by atoms with Gasteiger partial charge in [-0.25, -0.2) is 4.98 Å². The van der Waals surface area contributed by atoms with Gasteiger partial charge in [0.1, 0.15) is 19.3 Å². The Balaban J connectivity index is 1.49. The molecular weight excluding hydrogens is 579 g/mol. The molecule has 3 atom stereocenters. The summed E-state index contributed by atoms with van der Waals surface area (Å²) in [5.41, 5.74) is 5.38. The molecule has 5 rings (SSSR count). The molecule has 0 aliphatic heterocycles. The number of aromatic nitrogens is 4. The van der Waals surface area contributed by atoms with Crippen molar-refractivity contribution in [1.29, 1.82) is 0 Å². The van der Waals surface area contributed by atoms with Crippen LogP contribution >= 0.6 is 0 Å². The minimum atomic E-state index is -1.19. The lowest BCUT2D eigenvalue weighted by molar-refractivity contribution is 0.0942. The topological polar surface area (TPSA) is 64.8 Å². The highest BCUT2D eigenvalue weighted by molar-refractivity contribution is 6.76. The van der Waals surface area contributed by atoms with E-state index in [0.717, 1.165) is 78.3 Å². The summed E-state index contributed by atoms with van der Waals surface area (Å²) in [6, 6.07) is 8.96. The maximum Gasteiger partial charge on any atom is 0.165 e. The minimum Gasteiger partial charge on any atom is -0.361 e. The van der Waals surface area contributed by atoms with Gasteiger partial charge in [0.25, 0.3) is 0 Å². The number of pyridine rings is 1. The number of rotatable bonds is 16. The van der Waals surface area contributed by atoms with Crippen molar-refractivity contribution >= 4 is 27.6 Å². The Kier molecular flexibility index (Phi) is 11.0. The van der Waals surface area contributed by atoms with E-state index in [1.54, 1.807) is 0 Å². The molecule has 3 aromatic rings. The highest BCUT2D eigenvalue weighted by Gasteiger charge is 2.36. The Bertz CT molecular complexity index is 1310. The molecule has 3 heterocycles. The van der Waals surface area contributed by atoms with Crippen molar-refractivity contribution in [3.05, 3.63) is 42.0 Å². The van der Waals surface area contributed by atoms with Crippen LogP contribution in [-0.2, 0) is 15.9 Å². The molecule has 2 aliphatic rings. The quantitative estimate of drug-likeness (QED) is 0.0890. The Morgan fingerprint density at radius 1 is 0.886 bits per heavy atom. The highest BCUT2D eigenvalue weighted by atomic mass is 28.3. The number of unbranched alkanes of at least 4 members (excludes halogenated alkanes) is 1. The van der Waals surface area contributed by atoms with Gasteiger partial charge in [-0.15, -0.1) is 0 Å². The normalized spacial score (nSPS) is 20.5. The van der Waals surface area contributed by atoms with Gasteiger partial charge in [-0.1, -0.05) is 71.5 Å². The second-order valence-corrected chi connectivity index (χ2v) is 27.2. The summed E-state index contributed by atoms with van der Waals surface area (Å²) in [4.78, 5) is 12.4. The van der Waals surface area contributed by atoms with Crippen molar-refractivity contribution < 1.29 is 9.47 Å². The Morgan fingerprint density at radius 2 is 1.55 bits per heavy atom. The van der Waals surface area contributed by atoms with E-state index >= 15 is 0 Å². The van der Waals surface area contributed by atoms with Gasteiger partial charge >= 0.3 is 0 Å². The van der Waals surface area contributed by atoms with E-state index in [9.17, 15) is 0 Å². The average molecular weight is 636 g/mol. The number of hydrogen-bond donors (Lipinski definition) is 0. The fourth-order valence-electron chi connectivity index (χ4n) is 6.72. The summed E-state index contributed by atoms with van der Waals surface area (Å²) < 4.78 is 14.7. The van der Waals surface area contributed by atoms with Crippen LogP contribution in [0.3, 0.4) is 0 Å². The van der Waals surface area contributed by atoms with E-state index in [4.69, 9.17) is 24.5 Å². The molecule has 0 saturated heterocycles. The predicted molar refractivity (Wildman–Crippen MR) is 188 cm³/mol. The Morgan fingerprint density at radius 3 is 2.11 bits per heavy atom. The molecule has 7 nitrogen and oxygen atoms in total. The Labute approximate surface area is 268 Å². The van der Waals surface area contributed by atoms with Gasteiger partial charge in [-0.2, -0.15) is 9.61 Å². The maximum absolute atomic E-state index is 6.36. The van der Waals surface area contributed by atoms with E-state index in [1.807, 2.05) is 16.9 Å². The smallest absolute Gasteiger partial charge is 0.165 e. The molecule has 1 unspecified atom stereocenters. The lowest BCUT2D eigenvalue weighted by Crippen LogP contribution is -2.33. The van der Waals surface area contributed by atoms with E-state index in [0.29, 0.717) is 19.4 Å². The van der Waals surface area contributed by atoms with E-state index in [2.05, 4.69) is 69.3 Å². The zero-order valence-electron chi connectivity index (χ0n) is 28.6. The molecule has 0 radical (unpaired) electrons. The molecule has 2 aliphatic carbocycles. The Hall–Kier alpha value is -2.08. The molecule has 2 fully saturated rings. The van der Waals surface area contributed by atoms with Crippen molar-refractivity contribution in [2.24, 2.45) is 11.8 Å². The van der Waals surface area contributed by atoms with Gasteiger partial charge in [0, 0.05) is 70.1 Å². The molecule has 0 amide bonds. The minimum absolute atomic E-state index is 0.481. The number of nitrogens with zero attached hydrogens (tertiary/aromatic N) is 5. The molecule has 242 valence electrons. The number of hydrogen-bond acceptors (Lipinski definition) is 6. The molecule has 2 saturated carbocycles. The summed E-state index contributed by atoms with van der Waals surface area (Å²) >= 11 is 0. The van der Waals surface area contributed by atoms with Crippen LogP contribution in [0.5, 0.6) is 0 Å². The van der Waals surface area contributed by atoms with Crippen molar-refractivity contribution in [2.75, 3.05) is 31.6 Å². The van der Waals surface area contributed by atoms with E-state index in [-0.39, 0.29) is 0 Å². The standard InChI is InChI=1S/C35H57N5O2Si2/c1-8-9-10-31-14-13-29(23-36-31)32-24-37-40-34(22-33(38-35(32)40)30-20-27-11-12-28(19-27)21-30)39(25-41-15-17-43(2,3)4)26-42-16-18-44(5,6)7/h13-14,22-24,27-28,30H,8-12,15-21,25-26H2,1-7H3/t27-,28+,30?. The molecular formula is C35H57N5O2Si2. The fourth-order valence-corrected chi connectivity index (χ4v) is 8.23. The summed E-state index contributed by atoms with van der Waals surface area (Å²) in [5, 5.41) is 4.94. The number of aryl methyl sites for hydroxylation is 1. The van der Waals surface area contributed by atoms with Gasteiger partial charge in [-0.3, -0.25) is 4.98 Å². The van der Waals surface area contributed by atoms with Crippen molar-refractivity contribution in [3.8, 4) is 11.1 Å². The van der Waals surface area contributed by atoms with Crippen molar-refractivity contribution in [2.45, 2.75) is 116 Å². The molecule has 0 N–H and O–H groups in total. The first-order valence-electron chi connectivity index (χ1n) is 17.2. The third kappa shape index (κ3) is 9.01. The highest BCUT2D eigenvalue weighted by Crippen LogP contribution is 2.48. The van der Waals surface area contributed by atoms with Crippen molar-refractivity contribution in [1.82, 2.24) is 19.6 Å². The molecule has 3 aromatic heterocycles. The third-order valence-electron chi connectivity index (χ3n) is 9.51. The summed E-state index contributed by atoms with van der Waals surface area (Å²) in [7, 11) is -2.39. The van der Waals surface area contributed by atoms with Crippen LogP contribution in [0.2, 0.25) is 51.4 Å². The average Bonchev–Trinajstić information content (AvgIpc) is 3.56. The van der Waals surface area contributed by atoms with Gasteiger partial charge in [-0.05, 0) is 62.1 Å². The molecule has 0 spiro atoms. The number of ether oxygens (including phenoxy) is 2. The monoisotopic (exact) mass is 635 g/mol. The van der Waals surface area contributed by atoms with Crippen LogP contribution in [0.25, 0.3) is 16.8 Å². The van der Waals surface area contributed by atoms with E-state index < -0.39 is 16.1 Å². The van der Waals surface area contributed by atoms with Crippen LogP contribution < -0.4 is 4.90 Å². The van der Waals surface area contributed by atoms with Crippen LogP contribution in [0.4, 0.5) is 5.82 Å². The van der Waals surface area contributed by atoms with Gasteiger partial charge in [0.2, 0.25) is 0 Å². The number of fused-ring (bicyclic) bond motifs is 3. The molecule has 0 aromatic carbocycles. The predicted octanol–water partition coefficient (Wildman–Crippen LogP) is 8.86. The first-order chi connectivity index (χ1) is 21.0. The van der Waals surface area contributed by atoms with Gasteiger partial charge in [0.05, 0.1) is 6.20 Å².